The first-order valence-corrected chi connectivity index (χ1v) is 16.3. The average molecular weight is 760 g/mol. The number of nitrogens with zero attached hydrogens (tertiary/aromatic N) is 3. The summed E-state index contributed by atoms with van der Waals surface area (Å²) in [4.78, 5) is 45.6. The zero-order valence-corrected chi connectivity index (χ0v) is 28.7. The largest absolute Gasteiger partial charge is 0.416 e. The average Bonchev–Trinajstić information content (AvgIpc) is 3.13. The van der Waals surface area contributed by atoms with E-state index in [-0.39, 0.29) is 23.9 Å². The summed E-state index contributed by atoms with van der Waals surface area (Å²) in [5.41, 5.74) is 9.97. The molecule has 2 atom stereocenters. The summed E-state index contributed by atoms with van der Waals surface area (Å²) in [5, 5.41) is 17.2. The molecule has 20 heteroatoms. The highest BCUT2D eigenvalue weighted by Crippen LogP contribution is 2.30. The lowest BCUT2D eigenvalue weighted by molar-refractivity contribution is -0.137. The summed E-state index contributed by atoms with van der Waals surface area (Å²) in [6.45, 7) is 4.21. The number of alkyl halides is 3. The Morgan fingerprint density at radius 2 is 1.25 bits per heavy atom. The summed E-state index contributed by atoms with van der Waals surface area (Å²) in [5.74, 6) is 0.595. The highest BCUT2D eigenvalue weighted by molar-refractivity contribution is 6.30. The molecule has 16 nitrogen and oxygen atoms in total. The molecular formula is C33H37ClF3N11O5. The number of amides is 6. The second kappa shape index (κ2) is 19.9. The van der Waals surface area contributed by atoms with Crippen molar-refractivity contribution in [1.82, 2.24) is 25.6 Å². The van der Waals surface area contributed by atoms with Gasteiger partial charge >= 0.3 is 24.3 Å². The Bertz CT molecular complexity index is 1790. The number of anilines is 4. The topological polar surface area (TPSA) is 233 Å². The number of ether oxygens (including phenoxy) is 2. The molecule has 0 radical (unpaired) electrons. The minimum atomic E-state index is -4.47. The number of urea groups is 3. The van der Waals surface area contributed by atoms with Crippen LogP contribution in [0.25, 0.3) is 0 Å². The van der Waals surface area contributed by atoms with Gasteiger partial charge in [-0.25, -0.2) is 24.4 Å². The highest BCUT2D eigenvalue weighted by Gasteiger charge is 2.30. The van der Waals surface area contributed by atoms with Crippen molar-refractivity contribution < 1.29 is 37.0 Å². The van der Waals surface area contributed by atoms with Crippen LogP contribution in [0, 0.1) is 0 Å². The Hall–Kier alpha value is -5.60. The summed E-state index contributed by atoms with van der Waals surface area (Å²) >= 11 is 5.87. The standard InChI is InChI=1S/C17H17F3N4O2.C15H16ClN5O2.CH4N2O/c18-17(19,20)11-2-1-3-12(8-11)23-16(25)24-13-4-5-14(22-9-13)15-10-21-6-7-26-15;16-10-2-1-3-11(6-10)20-15(22)21-12-7-18-14(19-8-12)13-9-17-4-5-23-13;2-1(3)4/h1-5,8-9,15,21H,6-7,10H2,(H2,23,24,25);1-3,6-8,13,17H,4-5,9H2,(H2,20,21,22);(H4,2,3,4)/t15-;;/m1../s1. The minimum absolute atomic E-state index is 0.0450. The molecule has 2 aliphatic heterocycles. The lowest BCUT2D eigenvalue weighted by atomic mass is 10.2. The fourth-order valence-corrected chi connectivity index (χ4v) is 4.84. The molecule has 0 aliphatic carbocycles. The summed E-state index contributed by atoms with van der Waals surface area (Å²) in [6, 6.07) is 12.8. The number of carbonyl (C=O) groups excluding carboxylic acids is 3. The Morgan fingerprint density at radius 1 is 0.717 bits per heavy atom. The van der Waals surface area contributed by atoms with E-state index >= 15 is 0 Å². The Balaban J connectivity index is 0.000000216. The van der Waals surface area contributed by atoms with E-state index < -0.39 is 23.8 Å². The summed E-state index contributed by atoms with van der Waals surface area (Å²) in [6.07, 6.45) is -0.187. The second-order valence-electron chi connectivity index (χ2n) is 11.1. The molecule has 2 aromatic heterocycles. The van der Waals surface area contributed by atoms with Crippen LogP contribution in [0.4, 0.5) is 50.3 Å². The smallest absolute Gasteiger partial charge is 0.369 e. The SMILES string of the molecule is NC(N)=O.O=C(Nc1ccc([C@H]2CNCCO2)nc1)Nc1cccc(C(F)(F)F)c1.O=C(Nc1cnc(C2CNCCO2)nc1)Nc1cccc(Cl)c1. The van der Waals surface area contributed by atoms with Gasteiger partial charge in [-0.1, -0.05) is 23.7 Å². The number of pyridine rings is 1. The number of rotatable bonds is 6. The molecule has 2 fully saturated rings. The Kier molecular flexibility index (Phi) is 15.1. The van der Waals surface area contributed by atoms with Gasteiger partial charge in [0.05, 0.1) is 54.4 Å². The molecule has 2 aromatic carbocycles. The van der Waals surface area contributed by atoms with Crippen LogP contribution in [0.5, 0.6) is 0 Å². The van der Waals surface area contributed by atoms with Crippen LogP contribution in [0.15, 0.2) is 79.3 Å². The van der Waals surface area contributed by atoms with E-state index in [0.29, 0.717) is 54.2 Å². The van der Waals surface area contributed by atoms with Gasteiger partial charge in [0, 0.05) is 42.6 Å². The van der Waals surface area contributed by atoms with Crippen molar-refractivity contribution in [2.75, 3.05) is 60.7 Å². The summed E-state index contributed by atoms with van der Waals surface area (Å²) in [7, 11) is 0. The maximum Gasteiger partial charge on any atom is 0.416 e. The van der Waals surface area contributed by atoms with Gasteiger partial charge < -0.3 is 52.8 Å². The number of hydrogen-bond donors (Lipinski definition) is 8. The molecule has 0 saturated carbocycles. The van der Waals surface area contributed by atoms with Crippen LogP contribution in [-0.4, -0.2) is 72.4 Å². The maximum absolute atomic E-state index is 12.7. The zero-order valence-electron chi connectivity index (χ0n) is 28.0. The van der Waals surface area contributed by atoms with Crippen LogP contribution in [0.1, 0.15) is 29.3 Å². The van der Waals surface area contributed by atoms with E-state index in [0.717, 1.165) is 30.9 Å². The monoisotopic (exact) mass is 759 g/mol. The highest BCUT2D eigenvalue weighted by atomic mass is 35.5. The van der Waals surface area contributed by atoms with E-state index in [9.17, 15) is 22.8 Å². The van der Waals surface area contributed by atoms with Crippen molar-refractivity contribution in [2.45, 2.75) is 18.4 Å². The van der Waals surface area contributed by atoms with Crippen LogP contribution in [0.2, 0.25) is 5.02 Å². The van der Waals surface area contributed by atoms with Crippen molar-refractivity contribution >= 4 is 52.4 Å². The molecule has 6 rings (SSSR count). The van der Waals surface area contributed by atoms with Crippen molar-refractivity contribution in [1.29, 1.82) is 0 Å². The van der Waals surface area contributed by atoms with Gasteiger partial charge in [-0.2, -0.15) is 13.2 Å². The van der Waals surface area contributed by atoms with Crippen molar-refractivity contribution in [3.8, 4) is 0 Å². The van der Waals surface area contributed by atoms with Crippen LogP contribution in [0.3, 0.4) is 0 Å². The van der Waals surface area contributed by atoms with E-state index in [1.165, 1.54) is 18.3 Å². The predicted octanol–water partition coefficient (Wildman–Crippen LogP) is 4.86. The fourth-order valence-electron chi connectivity index (χ4n) is 4.65. The van der Waals surface area contributed by atoms with Gasteiger partial charge in [0.1, 0.15) is 12.2 Å². The van der Waals surface area contributed by atoms with Gasteiger partial charge in [0.15, 0.2) is 5.82 Å². The van der Waals surface area contributed by atoms with Crippen molar-refractivity contribution in [2.24, 2.45) is 11.5 Å². The van der Waals surface area contributed by atoms with Crippen molar-refractivity contribution in [3.05, 3.63) is 101 Å². The number of nitrogens with two attached hydrogens (primary N) is 2. The van der Waals surface area contributed by atoms with Gasteiger partial charge in [-0.3, -0.25) is 4.98 Å². The third kappa shape index (κ3) is 14.2. The zero-order chi connectivity index (χ0) is 38.2. The molecular weight excluding hydrogens is 723 g/mol. The summed E-state index contributed by atoms with van der Waals surface area (Å²) < 4.78 is 49.2. The van der Waals surface area contributed by atoms with Gasteiger partial charge in [-0.05, 0) is 48.5 Å². The predicted molar refractivity (Wildman–Crippen MR) is 191 cm³/mol. The minimum Gasteiger partial charge on any atom is -0.369 e. The first-order chi connectivity index (χ1) is 25.4. The number of aromatic nitrogens is 3. The number of nitrogens with one attached hydrogen (secondary N) is 6. The van der Waals surface area contributed by atoms with Gasteiger partial charge in [0.2, 0.25) is 0 Å². The molecule has 1 unspecified atom stereocenters. The number of halogens is 4. The lowest BCUT2D eigenvalue weighted by Gasteiger charge is -2.23. The number of morpholine rings is 2. The third-order valence-corrected chi connectivity index (χ3v) is 7.21. The number of carbonyl (C=O) groups is 3. The fraction of sp³-hybridized carbons (Fsp3) is 0.273. The first-order valence-electron chi connectivity index (χ1n) is 15.9. The molecule has 2 saturated heterocycles. The molecule has 282 valence electrons. The van der Waals surface area contributed by atoms with Crippen LogP contribution < -0.4 is 43.4 Å². The molecule has 6 amide bonds. The molecule has 4 heterocycles. The molecule has 0 bridgehead atoms. The second-order valence-corrected chi connectivity index (χ2v) is 11.5. The molecule has 2 aliphatic rings. The van der Waals surface area contributed by atoms with E-state index in [4.69, 9.17) is 25.9 Å². The maximum atomic E-state index is 12.7. The van der Waals surface area contributed by atoms with Crippen LogP contribution >= 0.6 is 11.6 Å². The Labute approximate surface area is 306 Å². The molecule has 10 N–H and O–H groups in total. The van der Waals surface area contributed by atoms with Crippen LogP contribution in [-0.2, 0) is 15.7 Å². The van der Waals surface area contributed by atoms with Crippen molar-refractivity contribution in [3.63, 3.8) is 0 Å². The van der Waals surface area contributed by atoms with E-state index in [1.54, 1.807) is 48.8 Å². The Morgan fingerprint density at radius 3 is 1.77 bits per heavy atom. The molecule has 4 aromatic rings. The molecule has 0 spiro atoms. The normalized spacial score (nSPS) is 16.7. The van der Waals surface area contributed by atoms with E-state index in [2.05, 4.69) is 58.3 Å². The number of primary amides is 2. The van der Waals surface area contributed by atoms with E-state index in [1.807, 2.05) is 0 Å². The third-order valence-electron chi connectivity index (χ3n) is 6.98. The van der Waals surface area contributed by atoms with Gasteiger partial charge in [-0.15, -0.1) is 0 Å². The molecule has 53 heavy (non-hydrogen) atoms. The number of hydrogen-bond acceptors (Lipinski definition) is 10. The lowest BCUT2D eigenvalue weighted by Crippen LogP contribution is -2.34. The van der Waals surface area contributed by atoms with Gasteiger partial charge in [0.25, 0.3) is 0 Å². The quantitative estimate of drug-likeness (QED) is 0.133. The number of benzene rings is 2. The first kappa shape index (κ1) is 40.2.